The first-order valence-corrected chi connectivity index (χ1v) is 5.35. The van der Waals surface area contributed by atoms with Crippen molar-refractivity contribution >= 4 is 5.91 Å². The zero-order valence-electron chi connectivity index (χ0n) is 9.72. The zero-order valence-corrected chi connectivity index (χ0v) is 9.72. The van der Waals surface area contributed by atoms with Gasteiger partial charge in [0, 0.05) is 6.54 Å². The Morgan fingerprint density at radius 2 is 2.12 bits per heavy atom. The van der Waals surface area contributed by atoms with Crippen molar-refractivity contribution in [2.24, 2.45) is 5.84 Å². The normalized spacial score (nSPS) is 16.6. The predicted molar refractivity (Wildman–Crippen MR) is 62.4 cm³/mol. The van der Waals surface area contributed by atoms with Crippen LogP contribution in [0.25, 0.3) is 0 Å². The lowest BCUT2D eigenvalue weighted by Crippen LogP contribution is -2.42. The third-order valence-corrected chi connectivity index (χ3v) is 2.74. The fourth-order valence-electron chi connectivity index (χ4n) is 1.77. The van der Waals surface area contributed by atoms with Gasteiger partial charge in [-0.15, -0.1) is 0 Å². The summed E-state index contributed by atoms with van der Waals surface area (Å²) in [4.78, 5) is 13.4. The van der Waals surface area contributed by atoms with Gasteiger partial charge in [-0.25, -0.2) is 5.01 Å². The van der Waals surface area contributed by atoms with E-state index in [2.05, 4.69) is 5.53 Å². The second kappa shape index (κ2) is 5.13. The molecule has 1 amide bonds. The number of rotatable bonds is 4. The minimum absolute atomic E-state index is 0.0683. The first-order chi connectivity index (χ1) is 8.22. The number of hydrogen-bond acceptors (Lipinski definition) is 5. The molecule has 1 fully saturated rings. The maximum absolute atomic E-state index is 11.6. The van der Waals surface area contributed by atoms with Crippen molar-refractivity contribution in [2.45, 2.75) is 6.54 Å². The van der Waals surface area contributed by atoms with Crippen LogP contribution in [0.4, 0.5) is 0 Å². The second-order valence-corrected chi connectivity index (χ2v) is 3.91. The Balaban J connectivity index is 1.98. The highest BCUT2D eigenvalue weighted by Gasteiger charge is 2.26. The number of nitrogens with zero attached hydrogens (tertiary/aromatic N) is 2. The Kier molecular flexibility index (Phi) is 3.58. The molecule has 0 aromatic heterocycles. The van der Waals surface area contributed by atoms with Gasteiger partial charge in [-0.05, 0) is 17.7 Å². The van der Waals surface area contributed by atoms with Gasteiger partial charge >= 0.3 is 0 Å². The second-order valence-electron chi connectivity index (χ2n) is 3.91. The quantitative estimate of drug-likeness (QED) is 0.553. The van der Waals surface area contributed by atoms with Crippen LogP contribution in [0.5, 0.6) is 5.75 Å². The smallest absolute Gasteiger partial charge is 0.239 e. The van der Waals surface area contributed by atoms with Crippen molar-refractivity contribution in [3.8, 4) is 5.75 Å². The van der Waals surface area contributed by atoms with Crippen molar-refractivity contribution in [1.82, 2.24) is 15.4 Å². The van der Waals surface area contributed by atoms with Crippen LogP contribution >= 0.6 is 0 Å². The van der Waals surface area contributed by atoms with Crippen molar-refractivity contribution in [1.29, 1.82) is 0 Å². The van der Waals surface area contributed by atoms with Crippen LogP contribution in [0.15, 0.2) is 24.3 Å². The molecule has 1 saturated heterocycles. The molecule has 1 aromatic carbocycles. The van der Waals surface area contributed by atoms with E-state index in [9.17, 15) is 4.79 Å². The number of carbonyl (C=O) groups excluding carboxylic acids is 1. The predicted octanol–water partition coefficient (Wildman–Crippen LogP) is -0.325. The number of ether oxygens (including phenoxy) is 1. The maximum Gasteiger partial charge on any atom is 0.239 e. The third kappa shape index (κ3) is 2.73. The molecule has 0 atom stereocenters. The molecule has 1 aliphatic heterocycles. The Bertz CT molecular complexity index is 393. The van der Waals surface area contributed by atoms with Gasteiger partial charge in [-0.1, -0.05) is 12.1 Å². The van der Waals surface area contributed by atoms with Gasteiger partial charge in [0.15, 0.2) is 0 Å². The van der Waals surface area contributed by atoms with Gasteiger partial charge in [0.25, 0.3) is 0 Å². The van der Waals surface area contributed by atoms with Crippen molar-refractivity contribution in [2.75, 3.05) is 20.3 Å². The number of nitrogens with one attached hydrogen (secondary N) is 1. The highest BCUT2D eigenvalue weighted by molar-refractivity contribution is 5.79. The van der Waals surface area contributed by atoms with Crippen LogP contribution in [-0.4, -0.2) is 36.1 Å². The molecule has 17 heavy (non-hydrogen) atoms. The summed E-state index contributed by atoms with van der Waals surface area (Å²) in [5.41, 5.74) is 3.55. The van der Waals surface area contributed by atoms with E-state index < -0.39 is 0 Å². The summed E-state index contributed by atoms with van der Waals surface area (Å²) in [6.45, 7) is 1.40. The average molecular weight is 236 g/mol. The summed E-state index contributed by atoms with van der Waals surface area (Å²) in [7, 11) is 1.63. The van der Waals surface area contributed by atoms with Gasteiger partial charge in [-0.2, -0.15) is 5.53 Å². The van der Waals surface area contributed by atoms with E-state index in [1.54, 1.807) is 17.0 Å². The number of nitrogens with two attached hydrogens (primary N) is 1. The minimum atomic E-state index is 0.0683. The minimum Gasteiger partial charge on any atom is -0.497 e. The summed E-state index contributed by atoms with van der Waals surface area (Å²) >= 11 is 0. The number of benzene rings is 1. The monoisotopic (exact) mass is 236 g/mol. The van der Waals surface area contributed by atoms with Crippen LogP contribution in [0.2, 0.25) is 0 Å². The molecule has 6 nitrogen and oxygen atoms in total. The highest BCUT2D eigenvalue weighted by atomic mass is 16.5. The lowest BCUT2D eigenvalue weighted by molar-refractivity contribution is -0.127. The summed E-state index contributed by atoms with van der Waals surface area (Å²) < 4.78 is 5.08. The molecule has 1 aliphatic rings. The summed E-state index contributed by atoms with van der Waals surface area (Å²) in [6.07, 6.45) is 0. The molecule has 0 aliphatic carbocycles. The molecule has 1 aromatic rings. The number of carbonyl (C=O) groups is 1. The molecule has 6 heteroatoms. The van der Waals surface area contributed by atoms with E-state index in [1.807, 2.05) is 24.3 Å². The van der Waals surface area contributed by atoms with Crippen molar-refractivity contribution < 1.29 is 9.53 Å². The fourth-order valence-corrected chi connectivity index (χ4v) is 1.77. The number of hydrogen-bond donors (Lipinski definition) is 2. The van der Waals surface area contributed by atoms with E-state index in [4.69, 9.17) is 10.6 Å². The third-order valence-electron chi connectivity index (χ3n) is 2.74. The molecule has 0 radical (unpaired) electrons. The summed E-state index contributed by atoms with van der Waals surface area (Å²) in [5.74, 6) is 6.15. The largest absolute Gasteiger partial charge is 0.497 e. The molecule has 0 saturated carbocycles. The summed E-state index contributed by atoms with van der Waals surface area (Å²) in [5, 5.41) is 1.66. The topological polar surface area (TPSA) is 70.8 Å². The number of methoxy groups -OCH3 is 1. The van der Waals surface area contributed by atoms with E-state index in [0.29, 0.717) is 19.8 Å². The van der Waals surface area contributed by atoms with Gasteiger partial charge in [-0.3, -0.25) is 10.6 Å². The van der Waals surface area contributed by atoms with Crippen LogP contribution < -0.4 is 16.1 Å². The Hall–Kier alpha value is -1.63. The van der Waals surface area contributed by atoms with E-state index in [0.717, 1.165) is 11.3 Å². The standard InChI is InChI=1S/C11H16N4O2/c1-17-10-4-2-9(3-5-10)6-14-8-15(13-12)7-11(14)16/h2-5,13H,6-8,12H2,1H3. The fraction of sp³-hybridized carbons (Fsp3) is 0.364. The highest BCUT2D eigenvalue weighted by Crippen LogP contribution is 2.14. The molecule has 92 valence electrons. The summed E-state index contributed by atoms with van der Waals surface area (Å²) in [6, 6.07) is 7.67. The van der Waals surface area contributed by atoms with Crippen molar-refractivity contribution in [3.63, 3.8) is 0 Å². The van der Waals surface area contributed by atoms with Crippen LogP contribution in [0, 0.1) is 0 Å². The lowest BCUT2D eigenvalue weighted by Gasteiger charge is -2.17. The molecule has 2 rings (SSSR count). The van der Waals surface area contributed by atoms with Crippen LogP contribution in [0.1, 0.15) is 5.56 Å². The first kappa shape index (κ1) is 11.8. The van der Waals surface area contributed by atoms with Crippen LogP contribution in [0.3, 0.4) is 0 Å². The lowest BCUT2D eigenvalue weighted by atomic mass is 10.2. The number of hydrazine groups is 2. The van der Waals surface area contributed by atoms with E-state index in [-0.39, 0.29) is 5.91 Å². The molecular formula is C11H16N4O2. The molecule has 1 heterocycles. The number of amides is 1. The van der Waals surface area contributed by atoms with Gasteiger partial charge in [0.2, 0.25) is 5.91 Å². The Labute approximate surface area is 99.9 Å². The first-order valence-electron chi connectivity index (χ1n) is 5.35. The molecular weight excluding hydrogens is 220 g/mol. The molecule has 0 bridgehead atoms. The Morgan fingerprint density at radius 1 is 1.41 bits per heavy atom. The van der Waals surface area contributed by atoms with E-state index >= 15 is 0 Å². The van der Waals surface area contributed by atoms with Gasteiger partial charge < -0.3 is 9.64 Å². The molecule has 0 spiro atoms. The zero-order chi connectivity index (χ0) is 12.3. The maximum atomic E-state index is 11.6. The van der Waals surface area contributed by atoms with E-state index in [1.165, 1.54) is 0 Å². The van der Waals surface area contributed by atoms with Gasteiger partial charge in [0.05, 0.1) is 20.3 Å². The molecule has 3 N–H and O–H groups in total. The van der Waals surface area contributed by atoms with Gasteiger partial charge in [0.1, 0.15) is 5.75 Å². The average Bonchev–Trinajstić information content (AvgIpc) is 2.71. The molecule has 0 unspecified atom stereocenters. The Morgan fingerprint density at radius 3 is 2.65 bits per heavy atom. The van der Waals surface area contributed by atoms with Crippen LogP contribution in [-0.2, 0) is 11.3 Å². The SMILES string of the molecule is COc1ccc(CN2CN(NN)CC2=O)cc1. The van der Waals surface area contributed by atoms with Crippen molar-refractivity contribution in [3.05, 3.63) is 29.8 Å².